The molecule has 0 bridgehead atoms. The Morgan fingerprint density at radius 2 is 1.96 bits per heavy atom. The summed E-state index contributed by atoms with van der Waals surface area (Å²) < 4.78 is 11.3. The van der Waals surface area contributed by atoms with Crippen LogP contribution in [0.15, 0.2) is 41.3 Å². The number of para-hydroxylation sites is 1. The van der Waals surface area contributed by atoms with Gasteiger partial charge in [-0.15, -0.1) is 11.8 Å². The molecule has 0 fully saturated rings. The zero-order chi connectivity index (χ0) is 17.6. The zero-order valence-electron chi connectivity index (χ0n) is 14.6. The largest absolute Gasteiger partial charge is 0.490 e. The number of nitrogens with one attached hydrogen (secondary N) is 1. The molecule has 0 unspecified atom stereocenters. The number of hydrogen-bond acceptors (Lipinski definition) is 4. The number of carbonyl (C=O) groups excluding carboxylic acids is 1. The first-order chi connectivity index (χ1) is 12.2. The molecule has 4 nitrogen and oxygen atoms in total. The second-order valence-corrected chi connectivity index (χ2v) is 7.01. The summed E-state index contributed by atoms with van der Waals surface area (Å²) in [5.41, 5.74) is 3.19. The number of fused-ring (bicyclic) bond motifs is 1. The van der Waals surface area contributed by atoms with E-state index in [1.807, 2.05) is 37.3 Å². The lowest BCUT2D eigenvalue weighted by atomic mass is 10.1. The molecular weight excluding hydrogens is 334 g/mol. The van der Waals surface area contributed by atoms with Gasteiger partial charge in [-0.1, -0.05) is 25.1 Å². The van der Waals surface area contributed by atoms with Gasteiger partial charge < -0.3 is 14.8 Å². The molecule has 1 aliphatic rings. The molecule has 0 saturated heterocycles. The number of thioether (sulfide) groups is 1. The number of rotatable bonds is 5. The van der Waals surface area contributed by atoms with Crippen molar-refractivity contribution in [1.82, 2.24) is 0 Å². The zero-order valence-corrected chi connectivity index (χ0v) is 15.4. The van der Waals surface area contributed by atoms with Crippen LogP contribution in [-0.4, -0.2) is 24.9 Å². The summed E-state index contributed by atoms with van der Waals surface area (Å²) in [6.45, 7) is 5.45. The average Bonchev–Trinajstić information content (AvgIpc) is 2.86. The van der Waals surface area contributed by atoms with Gasteiger partial charge in [0.15, 0.2) is 11.5 Å². The molecule has 2 aromatic carbocycles. The summed E-state index contributed by atoms with van der Waals surface area (Å²) in [4.78, 5) is 13.4. The molecule has 25 heavy (non-hydrogen) atoms. The number of hydrogen-bond donors (Lipinski definition) is 1. The third-order valence-corrected chi connectivity index (χ3v) is 5.09. The van der Waals surface area contributed by atoms with Crippen LogP contribution in [0.4, 0.5) is 5.69 Å². The molecule has 1 amide bonds. The lowest BCUT2D eigenvalue weighted by Gasteiger charge is -2.13. The minimum atomic E-state index is 0.00103. The minimum absolute atomic E-state index is 0.00103. The van der Waals surface area contributed by atoms with Gasteiger partial charge in [-0.3, -0.25) is 4.79 Å². The SMILES string of the molecule is CCc1cccc(C)c1NC(=O)CSc1ccc2c(c1)OCCCO2. The van der Waals surface area contributed by atoms with E-state index < -0.39 is 0 Å². The summed E-state index contributed by atoms with van der Waals surface area (Å²) in [7, 11) is 0. The Balaban J connectivity index is 1.62. The molecule has 5 heteroatoms. The maximum Gasteiger partial charge on any atom is 0.234 e. The normalized spacial score (nSPS) is 13.2. The molecular formula is C20H23NO3S. The highest BCUT2D eigenvalue weighted by molar-refractivity contribution is 8.00. The number of aryl methyl sites for hydroxylation is 2. The smallest absolute Gasteiger partial charge is 0.234 e. The molecule has 0 radical (unpaired) electrons. The van der Waals surface area contributed by atoms with Crippen LogP contribution >= 0.6 is 11.8 Å². The monoisotopic (exact) mass is 357 g/mol. The van der Waals surface area contributed by atoms with Gasteiger partial charge >= 0.3 is 0 Å². The molecule has 1 N–H and O–H groups in total. The molecule has 0 aliphatic carbocycles. The highest BCUT2D eigenvalue weighted by atomic mass is 32.2. The van der Waals surface area contributed by atoms with Crippen LogP contribution in [0.1, 0.15) is 24.5 Å². The van der Waals surface area contributed by atoms with E-state index >= 15 is 0 Å². The van der Waals surface area contributed by atoms with Gasteiger partial charge in [0.05, 0.1) is 19.0 Å². The van der Waals surface area contributed by atoms with Crippen molar-refractivity contribution in [3.8, 4) is 11.5 Å². The molecule has 0 saturated carbocycles. The number of anilines is 1. The van der Waals surface area contributed by atoms with Crippen molar-refractivity contribution in [3.63, 3.8) is 0 Å². The summed E-state index contributed by atoms with van der Waals surface area (Å²) in [6.07, 6.45) is 1.78. The number of benzene rings is 2. The Morgan fingerprint density at radius 1 is 1.16 bits per heavy atom. The quantitative estimate of drug-likeness (QED) is 0.803. The van der Waals surface area contributed by atoms with Gasteiger partial charge in [-0.05, 0) is 42.7 Å². The Labute approximate surface area is 152 Å². The molecule has 0 spiro atoms. The van der Waals surface area contributed by atoms with Crippen molar-refractivity contribution >= 4 is 23.4 Å². The maximum atomic E-state index is 12.4. The van der Waals surface area contributed by atoms with Gasteiger partial charge in [0, 0.05) is 17.0 Å². The molecule has 0 aromatic heterocycles. The summed E-state index contributed by atoms with van der Waals surface area (Å²) >= 11 is 1.50. The van der Waals surface area contributed by atoms with Crippen LogP contribution in [0.2, 0.25) is 0 Å². The number of ether oxygens (including phenoxy) is 2. The second-order valence-electron chi connectivity index (χ2n) is 5.96. The fraction of sp³-hybridized carbons (Fsp3) is 0.350. The van der Waals surface area contributed by atoms with E-state index in [1.54, 1.807) is 0 Å². The molecule has 132 valence electrons. The van der Waals surface area contributed by atoms with E-state index in [-0.39, 0.29) is 5.91 Å². The fourth-order valence-corrected chi connectivity index (χ4v) is 3.48. The van der Waals surface area contributed by atoms with Crippen LogP contribution in [0.25, 0.3) is 0 Å². The van der Waals surface area contributed by atoms with Gasteiger partial charge in [-0.25, -0.2) is 0 Å². The van der Waals surface area contributed by atoms with Crippen LogP contribution < -0.4 is 14.8 Å². The maximum absolute atomic E-state index is 12.4. The van der Waals surface area contributed by atoms with E-state index in [2.05, 4.69) is 18.3 Å². The van der Waals surface area contributed by atoms with Crippen molar-refractivity contribution in [2.75, 3.05) is 24.3 Å². The second kappa shape index (κ2) is 8.30. The van der Waals surface area contributed by atoms with Crippen LogP contribution in [0, 0.1) is 6.92 Å². The Morgan fingerprint density at radius 3 is 2.76 bits per heavy atom. The van der Waals surface area contributed by atoms with Gasteiger partial charge in [0.25, 0.3) is 0 Å². The predicted molar refractivity (Wildman–Crippen MR) is 102 cm³/mol. The van der Waals surface area contributed by atoms with Crippen molar-refractivity contribution in [2.24, 2.45) is 0 Å². The molecule has 3 rings (SSSR count). The molecule has 1 aliphatic heterocycles. The minimum Gasteiger partial charge on any atom is -0.490 e. The van der Waals surface area contributed by atoms with Crippen LogP contribution in [-0.2, 0) is 11.2 Å². The molecule has 1 heterocycles. The number of amides is 1. The summed E-state index contributed by atoms with van der Waals surface area (Å²) in [5, 5.41) is 3.06. The standard InChI is InChI=1S/C20H23NO3S/c1-3-15-7-4-6-14(2)20(15)21-19(22)13-25-16-8-9-17-18(12-16)24-11-5-10-23-17/h4,6-9,12H,3,5,10-11,13H2,1-2H3,(H,21,22). The van der Waals surface area contributed by atoms with E-state index in [0.29, 0.717) is 19.0 Å². The van der Waals surface area contributed by atoms with Crippen molar-refractivity contribution in [2.45, 2.75) is 31.6 Å². The van der Waals surface area contributed by atoms with Gasteiger partial charge in [0.2, 0.25) is 5.91 Å². The first-order valence-corrected chi connectivity index (χ1v) is 9.56. The Hall–Kier alpha value is -2.14. The average molecular weight is 357 g/mol. The van der Waals surface area contributed by atoms with E-state index in [9.17, 15) is 4.79 Å². The Kier molecular flexibility index (Phi) is 5.87. The van der Waals surface area contributed by atoms with Crippen LogP contribution in [0.5, 0.6) is 11.5 Å². The first kappa shape index (κ1) is 17.7. The summed E-state index contributed by atoms with van der Waals surface area (Å²) in [5.74, 6) is 1.90. The van der Waals surface area contributed by atoms with E-state index in [0.717, 1.165) is 46.1 Å². The lowest BCUT2D eigenvalue weighted by Crippen LogP contribution is -2.16. The summed E-state index contributed by atoms with van der Waals surface area (Å²) in [6, 6.07) is 11.9. The first-order valence-electron chi connectivity index (χ1n) is 8.58. The fourth-order valence-electron chi connectivity index (χ4n) is 2.76. The predicted octanol–water partition coefficient (Wildman–Crippen LogP) is 4.45. The highest BCUT2D eigenvalue weighted by Gasteiger charge is 2.13. The molecule has 0 atom stereocenters. The number of carbonyl (C=O) groups is 1. The Bertz CT molecular complexity index is 761. The van der Waals surface area contributed by atoms with Crippen molar-refractivity contribution in [1.29, 1.82) is 0 Å². The topological polar surface area (TPSA) is 47.6 Å². The van der Waals surface area contributed by atoms with Gasteiger partial charge in [-0.2, -0.15) is 0 Å². The van der Waals surface area contributed by atoms with E-state index in [1.165, 1.54) is 11.8 Å². The van der Waals surface area contributed by atoms with Crippen molar-refractivity contribution < 1.29 is 14.3 Å². The highest BCUT2D eigenvalue weighted by Crippen LogP contribution is 2.34. The van der Waals surface area contributed by atoms with Crippen LogP contribution in [0.3, 0.4) is 0 Å². The molecule has 2 aromatic rings. The van der Waals surface area contributed by atoms with E-state index in [4.69, 9.17) is 9.47 Å². The third-order valence-electron chi connectivity index (χ3n) is 4.09. The lowest BCUT2D eigenvalue weighted by molar-refractivity contribution is -0.113. The third kappa shape index (κ3) is 4.48. The van der Waals surface area contributed by atoms with Crippen molar-refractivity contribution in [3.05, 3.63) is 47.5 Å². The van der Waals surface area contributed by atoms with Gasteiger partial charge in [0.1, 0.15) is 0 Å².